The summed E-state index contributed by atoms with van der Waals surface area (Å²) in [6.45, 7) is 6.73. The van der Waals surface area contributed by atoms with Gasteiger partial charge in [-0.15, -0.1) is 0 Å². The molecular weight excluding hydrogens is 367 g/mol. The van der Waals surface area contributed by atoms with Gasteiger partial charge in [-0.2, -0.15) is 0 Å². The van der Waals surface area contributed by atoms with E-state index in [9.17, 15) is 0 Å². The molecule has 0 heterocycles. The van der Waals surface area contributed by atoms with Gasteiger partial charge >= 0.3 is 14.4 Å². The fraction of sp³-hybridized carbons (Fsp3) is 0.269. The van der Waals surface area contributed by atoms with Crippen LogP contribution in [0.25, 0.3) is 0 Å². The number of para-hydroxylation sites is 1. The quantitative estimate of drug-likeness (QED) is 0.305. The number of rotatable bonds is 9. The molecule has 0 atom stereocenters. The molecule has 1 N–H and O–H groups in total. The molecule has 3 aromatic rings. The fourth-order valence-electron chi connectivity index (χ4n) is 3.78. The Balaban J connectivity index is 1.70. The minimum absolute atomic E-state index is 1.00. The number of benzene rings is 3. The van der Waals surface area contributed by atoms with Gasteiger partial charge in [0.25, 0.3) is 0 Å². The minimum Gasteiger partial charge on any atom is -0.476 e. The van der Waals surface area contributed by atoms with Crippen molar-refractivity contribution in [3.63, 3.8) is 0 Å². The largest absolute Gasteiger partial charge is 0.476 e. The molecule has 0 spiro atoms. The first-order valence-electron chi connectivity index (χ1n) is 10.7. The van der Waals surface area contributed by atoms with Crippen LogP contribution in [0, 0.1) is 6.92 Å². The Hall–Kier alpha value is -2.34. The zero-order chi connectivity index (χ0) is 20.5. The van der Waals surface area contributed by atoms with E-state index in [1.807, 2.05) is 36.5 Å². The van der Waals surface area contributed by atoms with E-state index in [0.717, 1.165) is 18.5 Å². The smallest absolute Gasteiger partial charge is 0.411 e. The lowest BCUT2D eigenvalue weighted by molar-refractivity contribution is 1.02. The molecule has 2 nitrogen and oxygen atoms in total. The van der Waals surface area contributed by atoms with Crippen LogP contribution < -0.4 is 4.30 Å². The lowest BCUT2D eigenvalue weighted by Gasteiger charge is -2.16. The number of nitrogens with zero attached hydrogens (tertiary/aromatic N) is 1. The minimum atomic E-state index is -1.03. The van der Waals surface area contributed by atoms with E-state index < -0.39 is 14.4 Å². The van der Waals surface area contributed by atoms with Gasteiger partial charge < -0.3 is 4.30 Å². The van der Waals surface area contributed by atoms with E-state index in [4.69, 9.17) is 0 Å². The SMILES string of the molecule is CCc1c(C=Nc2ccccc2)cccc1C[CH2][Al]([CH2]C)[NH]c1cccc(C)c1. The van der Waals surface area contributed by atoms with Crippen LogP contribution in [-0.4, -0.2) is 20.6 Å². The van der Waals surface area contributed by atoms with Crippen LogP contribution in [0.4, 0.5) is 11.4 Å². The highest BCUT2D eigenvalue weighted by Gasteiger charge is 2.17. The molecule has 0 aliphatic heterocycles. The summed E-state index contributed by atoms with van der Waals surface area (Å²) < 4.78 is 3.85. The van der Waals surface area contributed by atoms with Crippen molar-refractivity contribution >= 4 is 32.0 Å². The molecule has 0 amide bonds. The van der Waals surface area contributed by atoms with Crippen LogP contribution in [-0.2, 0) is 12.8 Å². The molecule has 0 aliphatic rings. The first-order valence-corrected chi connectivity index (χ1v) is 12.9. The Morgan fingerprint density at radius 3 is 2.45 bits per heavy atom. The van der Waals surface area contributed by atoms with Gasteiger partial charge in [0.1, 0.15) is 0 Å². The Bertz CT molecular complexity index is 934. The van der Waals surface area contributed by atoms with Gasteiger partial charge in [-0.25, -0.2) is 0 Å². The van der Waals surface area contributed by atoms with Crippen molar-refractivity contribution in [3.8, 4) is 0 Å². The summed E-state index contributed by atoms with van der Waals surface area (Å²) >= 11 is -1.03. The first kappa shape index (κ1) is 21.4. The highest BCUT2D eigenvalue weighted by Crippen LogP contribution is 2.20. The predicted octanol–water partition coefficient (Wildman–Crippen LogP) is 6.97. The molecule has 0 bridgehead atoms. The van der Waals surface area contributed by atoms with Crippen molar-refractivity contribution in [2.75, 3.05) is 4.30 Å². The zero-order valence-electron chi connectivity index (χ0n) is 17.9. The number of aliphatic imine (C=N–C) groups is 1. The second-order valence-electron chi connectivity index (χ2n) is 7.59. The van der Waals surface area contributed by atoms with Crippen LogP contribution in [0.15, 0.2) is 77.8 Å². The maximum absolute atomic E-state index is 4.67. The van der Waals surface area contributed by atoms with Gasteiger partial charge in [0.15, 0.2) is 0 Å². The molecule has 0 saturated carbocycles. The summed E-state index contributed by atoms with van der Waals surface area (Å²) in [5.74, 6) is 0. The maximum Gasteiger partial charge on any atom is 0.411 e. The van der Waals surface area contributed by atoms with Gasteiger partial charge in [0, 0.05) is 11.9 Å². The van der Waals surface area contributed by atoms with Crippen molar-refractivity contribution in [2.45, 2.75) is 44.2 Å². The highest BCUT2D eigenvalue weighted by atomic mass is 27.2. The second-order valence-corrected chi connectivity index (χ2v) is 10.7. The summed E-state index contributed by atoms with van der Waals surface area (Å²) in [5, 5.41) is 2.52. The molecule has 3 heteroatoms. The molecule has 0 unspecified atom stereocenters. The van der Waals surface area contributed by atoms with Crippen LogP contribution in [0.1, 0.15) is 36.1 Å². The number of nitrogens with one attached hydrogen (secondary N) is 1. The van der Waals surface area contributed by atoms with Crippen molar-refractivity contribution < 1.29 is 0 Å². The summed E-state index contributed by atoms with van der Waals surface area (Å²) in [4.78, 5) is 4.67. The average Bonchev–Trinajstić information content (AvgIpc) is 2.75. The third-order valence-corrected chi connectivity index (χ3v) is 8.13. The molecule has 148 valence electrons. The molecule has 0 aliphatic carbocycles. The van der Waals surface area contributed by atoms with Crippen LogP contribution in [0.3, 0.4) is 0 Å². The van der Waals surface area contributed by atoms with Crippen LogP contribution in [0.5, 0.6) is 0 Å². The van der Waals surface area contributed by atoms with Crippen LogP contribution >= 0.6 is 0 Å². The van der Waals surface area contributed by atoms with E-state index >= 15 is 0 Å². The van der Waals surface area contributed by atoms with Gasteiger partial charge in [-0.3, -0.25) is 4.99 Å². The predicted molar refractivity (Wildman–Crippen MR) is 129 cm³/mol. The van der Waals surface area contributed by atoms with Crippen molar-refractivity contribution in [1.29, 1.82) is 0 Å². The number of anilines is 1. The molecule has 0 fully saturated rings. The molecule has 29 heavy (non-hydrogen) atoms. The standard InChI is InChI=1S/C17H18N.C7H8N.C2H5.Al/c1-3-14-9-8-10-15(17(14)4-2)13-18-16-11-6-5-7-12-16;1-6-3-2-4-7(8)5-6;1-2;/h5-13H,1,3-4H2,2H3;2-5,8H,1H3;1H2,2H3;/q;-1;;+1. The Morgan fingerprint density at radius 1 is 0.931 bits per heavy atom. The Morgan fingerprint density at radius 2 is 1.72 bits per heavy atom. The molecule has 0 saturated heterocycles. The zero-order valence-corrected chi connectivity index (χ0v) is 19.0. The van der Waals surface area contributed by atoms with Gasteiger partial charge in [-0.05, 0) is 66.3 Å². The van der Waals surface area contributed by atoms with E-state index in [1.165, 1.54) is 38.5 Å². The highest BCUT2D eigenvalue weighted by molar-refractivity contribution is 6.62. The maximum atomic E-state index is 4.67. The van der Waals surface area contributed by atoms with Crippen molar-refractivity contribution in [3.05, 3.63) is 95.1 Å². The molecule has 0 aromatic heterocycles. The fourth-order valence-corrected chi connectivity index (χ4v) is 5.84. The van der Waals surface area contributed by atoms with Gasteiger partial charge in [-0.1, -0.05) is 72.9 Å². The lowest BCUT2D eigenvalue weighted by atomic mass is 9.98. The third kappa shape index (κ3) is 6.33. The third-order valence-electron chi connectivity index (χ3n) is 5.42. The molecule has 3 rings (SSSR count). The topological polar surface area (TPSA) is 24.4 Å². The van der Waals surface area contributed by atoms with E-state index in [-0.39, 0.29) is 0 Å². The van der Waals surface area contributed by atoms with E-state index in [0.29, 0.717) is 0 Å². The molecule has 3 aromatic carbocycles. The van der Waals surface area contributed by atoms with Crippen molar-refractivity contribution in [1.82, 2.24) is 0 Å². The monoisotopic (exact) mass is 398 g/mol. The normalized spacial score (nSPS) is 11.0. The van der Waals surface area contributed by atoms with Gasteiger partial charge in [0.2, 0.25) is 0 Å². The average molecular weight is 399 g/mol. The van der Waals surface area contributed by atoms with Crippen LogP contribution in [0.2, 0.25) is 10.6 Å². The van der Waals surface area contributed by atoms with E-state index in [1.54, 1.807) is 0 Å². The number of hydrogen-bond donors (Lipinski definition) is 1. The van der Waals surface area contributed by atoms with Gasteiger partial charge in [0.05, 0.1) is 5.69 Å². The Labute approximate surface area is 180 Å². The van der Waals surface area contributed by atoms with E-state index in [2.05, 4.69) is 72.5 Å². The summed E-state index contributed by atoms with van der Waals surface area (Å²) in [5.41, 5.74) is 7.75. The number of hydrogen-bond acceptors (Lipinski definition) is 2. The first-order chi connectivity index (χ1) is 14.2. The second kappa shape index (κ2) is 11.0. The van der Waals surface area contributed by atoms with Crippen molar-refractivity contribution in [2.24, 2.45) is 4.99 Å². The lowest BCUT2D eigenvalue weighted by Crippen LogP contribution is -2.24. The Kier molecular flexibility index (Phi) is 8.11. The number of aryl methyl sites for hydroxylation is 2. The molecule has 0 radical (unpaired) electrons. The summed E-state index contributed by atoms with van der Waals surface area (Å²) in [6, 6.07) is 25.6. The summed E-state index contributed by atoms with van der Waals surface area (Å²) in [6.07, 6.45) is 4.20. The molecular formula is C26H31AlN2. The summed E-state index contributed by atoms with van der Waals surface area (Å²) in [7, 11) is 0.